The van der Waals surface area contributed by atoms with Crippen LogP contribution in [0.3, 0.4) is 0 Å². The molecule has 6 heteroatoms. The Kier molecular flexibility index (Phi) is 4.27. The van der Waals surface area contributed by atoms with E-state index in [1.165, 1.54) is 11.9 Å². The van der Waals surface area contributed by atoms with Crippen molar-refractivity contribution in [3.05, 3.63) is 34.9 Å². The average Bonchev–Trinajstić information content (AvgIpc) is 2.24. The average molecular weight is 280 g/mol. The summed E-state index contributed by atoms with van der Waals surface area (Å²) < 4.78 is 38.0. The first-order valence-corrected chi connectivity index (χ1v) is 5.62. The maximum atomic E-state index is 12.7. The van der Waals surface area contributed by atoms with Crippen molar-refractivity contribution in [1.82, 2.24) is 4.90 Å². The highest BCUT2D eigenvalue weighted by Gasteiger charge is 2.31. The van der Waals surface area contributed by atoms with Gasteiger partial charge >= 0.3 is 11.5 Å². The van der Waals surface area contributed by atoms with Gasteiger partial charge in [-0.25, -0.2) is 0 Å². The van der Waals surface area contributed by atoms with Crippen LogP contribution in [0.4, 0.5) is 18.0 Å². The molecule has 0 saturated heterocycles. The molecule has 1 aromatic rings. The number of rotatable bonds is 2. The van der Waals surface area contributed by atoms with Gasteiger partial charge in [-0.15, -0.1) is 0 Å². The van der Waals surface area contributed by atoms with Crippen LogP contribution in [0.15, 0.2) is 18.2 Å². The zero-order valence-corrected chi connectivity index (χ0v) is 10.9. The summed E-state index contributed by atoms with van der Waals surface area (Å²) in [7, 11) is 1.44. The summed E-state index contributed by atoms with van der Waals surface area (Å²) in [4.78, 5) is 12.2. The fraction of sp³-hybridized carbons (Fsp3) is 0.417. The highest BCUT2D eigenvalue weighted by Crippen LogP contribution is 2.32. The van der Waals surface area contributed by atoms with Crippen LogP contribution in [0.2, 0.25) is 0 Å². The summed E-state index contributed by atoms with van der Waals surface area (Å²) in [6.07, 6.45) is -4.40. The number of carbonyl (C=O) groups is 1. The van der Waals surface area contributed by atoms with Gasteiger partial charge in [0.05, 0.1) is 11.6 Å². The van der Waals surface area contributed by atoms with Crippen molar-refractivity contribution in [1.29, 1.82) is 0 Å². The Morgan fingerprint density at radius 2 is 1.89 bits per heavy atom. The van der Waals surface area contributed by atoms with Crippen LogP contribution in [0.1, 0.15) is 29.7 Å². The Morgan fingerprint density at radius 1 is 1.33 bits per heavy atom. The van der Waals surface area contributed by atoms with E-state index in [2.05, 4.69) is 0 Å². The van der Waals surface area contributed by atoms with E-state index in [0.29, 0.717) is 11.1 Å². The van der Waals surface area contributed by atoms with Crippen molar-refractivity contribution in [2.45, 2.75) is 26.1 Å². The third-order valence-corrected chi connectivity index (χ3v) is 3.03. The summed E-state index contributed by atoms with van der Waals surface area (Å²) in [5.41, 5.74) is 0.167. The summed E-state index contributed by atoms with van der Waals surface area (Å²) in [5, 5.41) is -0.711. The van der Waals surface area contributed by atoms with E-state index in [-0.39, 0.29) is 0 Å². The molecule has 0 fully saturated rings. The van der Waals surface area contributed by atoms with Crippen LogP contribution in [-0.4, -0.2) is 17.3 Å². The van der Waals surface area contributed by atoms with E-state index in [4.69, 9.17) is 11.6 Å². The van der Waals surface area contributed by atoms with Crippen molar-refractivity contribution in [3.8, 4) is 0 Å². The van der Waals surface area contributed by atoms with Crippen LogP contribution < -0.4 is 0 Å². The zero-order chi connectivity index (χ0) is 14.1. The molecule has 100 valence electrons. The molecule has 1 aromatic carbocycles. The molecule has 2 nitrogen and oxygen atoms in total. The smallest absolute Gasteiger partial charge is 0.326 e. The molecule has 1 atom stereocenters. The van der Waals surface area contributed by atoms with Gasteiger partial charge in [0.15, 0.2) is 0 Å². The molecule has 0 aromatic heterocycles. The van der Waals surface area contributed by atoms with Gasteiger partial charge in [0.2, 0.25) is 0 Å². The lowest BCUT2D eigenvalue weighted by Crippen LogP contribution is -2.25. The van der Waals surface area contributed by atoms with Crippen LogP contribution in [0.25, 0.3) is 0 Å². The normalized spacial score (nSPS) is 13.3. The molecule has 1 rings (SSSR count). The summed E-state index contributed by atoms with van der Waals surface area (Å²) in [5.74, 6) is 0. The second-order valence-electron chi connectivity index (χ2n) is 4.17. The molecule has 0 aliphatic carbocycles. The highest BCUT2D eigenvalue weighted by atomic mass is 35.5. The largest absolute Gasteiger partial charge is 0.416 e. The van der Waals surface area contributed by atoms with Crippen LogP contribution in [0, 0.1) is 6.92 Å². The first-order valence-electron chi connectivity index (χ1n) is 5.24. The van der Waals surface area contributed by atoms with Gasteiger partial charge in [0.1, 0.15) is 0 Å². The SMILES string of the molecule is Cc1cc(C(C)N(C)C(=O)Cl)cc(C(F)(F)F)c1. The fourth-order valence-corrected chi connectivity index (χ4v) is 1.74. The van der Waals surface area contributed by atoms with E-state index in [1.54, 1.807) is 19.9 Å². The van der Waals surface area contributed by atoms with E-state index < -0.39 is 23.1 Å². The van der Waals surface area contributed by atoms with E-state index in [0.717, 1.165) is 12.1 Å². The van der Waals surface area contributed by atoms with Crippen molar-refractivity contribution >= 4 is 17.0 Å². The topological polar surface area (TPSA) is 20.3 Å². The van der Waals surface area contributed by atoms with Crippen molar-refractivity contribution in [2.24, 2.45) is 0 Å². The third-order valence-electron chi connectivity index (χ3n) is 2.77. The van der Waals surface area contributed by atoms with E-state index >= 15 is 0 Å². The Balaban J connectivity index is 3.18. The monoisotopic (exact) mass is 279 g/mol. The molecule has 0 N–H and O–H groups in total. The standard InChI is InChI=1S/C12H13ClF3NO/c1-7-4-9(8(2)17(3)11(13)18)6-10(5-7)12(14,15)16/h4-6,8H,1-3H3. The minimum Gasteiger partial charge on any atom is -0.326 e. The Morgan fingerprint density at radius 3 is 2.33 bits per heavy atom. The van der Waals surface area contributed by atoms with Crippen molar-refractivity contribution in [3.63, 3.8) is 0 Å². The van der Waals surface area contributed by atoms with Crippen molar-refractivity contribution in [2.75, 3.05) is 7.05 Å². The molecular formula is C12H13ClF3NO. The lowest BCUT2D eigenvalue weighted by atomic mass is 10.0. The molecule has 1 amide bonds. The van der Waals surface area contributed by atoms with Crippen LogP contribution >= 0.6 is 11.6 Å². The number of nitrogens with zero attached hydrogens (tertiary/aromatic N) is 1. The first kappa shape index (κ1) is 14.8. The third kappa shape index (κ3) is 3.38. The summed E-state index contributed by atoms with van der Waals surface area (Å²) in [6, 6.07) is 3.19. The second-order valence-corrected chi connectivity index (χ2v) is 4.49. The highest BCUT2D eigenvalue weighted by molar-refractivity contribution is 6.62. The first-order chi connectivity index (χ1) is 8.12. The number of amides is 1. The molecule has 0 bridgehead atoms. The number of aryl methyl sites for hydroxylation is 1. The fourth-order valence-electron chi connectivity index (χ4n) is 1.59. The van der Waals surface area contributed by atoms with Gasteiger partial charge in [-0.2, -0.15) is 13.2 Å². The molecule has 1 unspecified atom stereocenters. The maximum Gasteiger partial charge on any atom is 0.416 e. The number of benzene rings is 1. The quantitative estimate of drug-likeness (QED) is 0.582. The van der Waals surface area contributed by atoms with Gasteiger partial charge in [0.25, 0.3) is 0 Å². The summed E-state index contributed by atoms with van der Waals surface area (Å²) >= 11 is 5.31. The van der Waals surface area contributed by atoms with Gasteiger partial charge in [-0.3, -0.25) is 4.79 Å². The molecule has 18 heavy (non-hydrogen) atoms. The Labute approximate surface area is 108 Å². The lowest BCUT2D eigenvalue weighted by molar-refractivity contribution is -0.137. The Bertz CT molecular complexity index is 459. The van der Waals surface area contributed by atoms with E-state index in [1.807, 2.05) is 0 Å². The zero-order valence-electron chi connectivity index (χ0n) is 10.2. The van der Waals surface area contributed by atoms with Gasteiger partial charge in [-0.1, -0.05) is 11.6 Å². The number of halogens is 4. The molecule has 0 spiro atoms. The minimum absolute atomic E-state index is 0.402. The second kappa shape index (κ2) is 5.18. The minimum atomic E-state index is -4.40. The lowest BCUT2D eigenvalue weighted by Gasteiger charge is -2.24. The van der Waals surface area contributed by atoms with Gasteiger partial charge in [0, 0.05) is 7.05 Å². The maximum absolute atomic E-state index is 12.7. The van der Waals surface area contributed by atoms with Crippen LogP contribution in [0.5, 0.6) is 0 Å². The molecule has 0 heterocycles. The van der Waals surface area contributed by atoms with Crippen LogP contribution in [-0.2, 0) is 6.18 Å². The molecular weight excluding hydrogens is 267 g/mol. The predicted octanol–water partition coefficient (Wildman–Crippen LogP) is 4.37. The predicted molar refractivity (Wildman–Crippen MR) is 63.6 cm³/mol. The van der Waals surface area contributed by atoms with E-state index in [9.17, 15) is 18.0 Å². The molecule has 0 aliphatic heterocycles. The molecule has 0 saturated carbocycles. The summed E-state index contributed by atoms with van der Waals surface area (Å²) in [6.45, 7) is 3.20. The number of alkyl halides is 3. The van der Waals surface area contributed by atoms with Gasteiger partial charge in [-0.05, 0) is 43.1 Å². The molecule has 0 radical (unpaired) electrons. The number of carbonyl (C=O) groups excluding carboxylic acids is 1. The van der Waals surface area contributed by atoms with Gasteiger partial charge < -0.3 is 4.90 Å². The number of hydrogen-bond donors (Lipinski definition) is 0. The molecule has 0 aliphatic rings. The van der Waals surface area contributed by atoms with Crippen molar-refractivity contribution < 1.29 is 18.0 Å². The Hall–Kier alpha value is -1.23. The number of hydrogen-bond acceptors (Lipinski definition) is 1.